The summed E-state index contributed by atoms with van der Waals surface area (Å²) in [7, 11) is 1.67. The third kappa shape index (κ3) is 2.85. The average Bonchev–Trinajstić information content (AvgIpc) is 3.25. The van der Waals surface area contributed by atoms with E-state index in [1.807, 2.05) is 12.1 Å². The first-order valence-electron chi connectivity index (χ1n) is 8.48. The van der Waals surface area contributed by atoms with Crippen molar-refractivity contribution >= 4 is 21.8 Å². The molecule has 3 aromatic rings. The Morgan fingerprint density at radius 1 is 1.21 bits per heavy atom. The van der Waals surface area contributed by atoms with Crippen molar-refractivity contribution in [3.63, 3.8) is 0 Å². The molecule has 0 bridgehead atoms. The van der Waals surface area contributed by atoms with Crippen molar-refractivity contribution in [1.29, 1.82) is 0 Å². The van der Waals surface area contributed by atoms with Crippen LogP contribution in [0.3, 0.4) is 0 Å². The molecule has 1 aliphatic heterocycles. The molecule has 0 unspecified atom stereocenters. The second-order valence-electron chi connectivity index (χ2n) is 6.21. The van der Waals surface area contributed by atoms with Gasteiger partial charge in [0, 0.05) is 35.8 Å². The van der Waals surface area contributed by atoms with Gasteiger partial charge in [-0.3, -0.25) is 0 Å². The van der Waals surface area contributed by atoms with Gasteiger partial charge in [0.05, 0.1) is 19.2 Å². The number of ether oxygens (including phenoxy) is 2. The number of aromatic nitrogens is 2. The topological polar surface area (TPSA) is 50.4 Å². The van der Waals surface area contributed by atoms with Crippen LogP contribution >= 0.6 is 0 Å². The molecular formula is C19H21N3O2. The predicted octanol–water partition coefficient (Wildman–Crippen LogP) is 3.19. The Kier molecular flexibility index (Phi) is 4.14. The highest BCUT2D eigenvalue weighted by molar-refractivity contribution is 6.07. The van der Waals surface area contributed by atoms with E-state index in [1.54, 1.807) is 13.3 Å². The van der Waals surface area contributed by atoms with E-state index in [0.717, 1.165) is 46.3 Å². The molecule has 0 amide bonds. The van der Waals surface area contributed by atoms with Crippen LogP contribution < -0.4 is 9.47 Å². The van der Waals surface area contributed by atoms with Crippen molar-refractivity contribution in [1.82, 2.24) is 14.9 Å². The predicted molar refractivity (Wildman–Crippen MR) is 93.6 cm³/mol. The molecule has 124 valence electrons. The van der Waals surface area contributed by atoms with Gasteiger partial charge in [-0.2, -0.15) is 0 Å². The number of nitrogens with one attached hydrogen (secondary N) is 1. The number of methoxy groups -OCH3 is 1. The zero-order chi connectivity index (χ0) is 16.4. The third-order valence-corrected chi connectivity index (χ3v) is 4.64. The molecular weight excluding hydrogens is 302 g/mol. The quantitative estimate of drug-likeness (QED) is 0.708. The van der Waals surface area contributed by atoms with Crippen LogP contribution in [0.4, 0.5) is 0 Å². The minimum atomic E-state index is 0.694. The summed E-state index contributed by atoms with van der Waals surface area (Å²) in [4.78, 5) is 9.87. The van der Waals surface area contributed by atoms with Crippen molar-refractivity contribution < 1.29 is 9.47 Å². The lowest BCUT2D eigenvalue weighted by Crippen LogP contribution is -2.21. The molecule has 2 aromatic heterocycles. The molecule has 0 saturated carbocycles. The van der Waals surface area contributed by atoms with Gasteiger partial charge in [-0.1, -0.05) is 0 Å². The van der Waals surface area contributed by atoms with E-state index in [9.17, 15) is 0 Å². The van der Waals surface area contributed by atoms with E-state index in [-0.39, 0.29) is 0 Å². The molecule has 1 N–H and O–H groups in total. The Hall–Kier alpha value is -2.45. The Bertz CT molecular complexity index is 837. The largest absolute Gasteiger partial charge is 0.493 e. The Balaban J connectivity index is 1.52. The fraction of sp³-hybridized carbons (Fsp3) is 0.421. The smallest absolute Gasteiger partial charge is 0.163 e. The zero-order valence-corrected chi connectivity index (χ0v) is 13.9. The van der Waals surface area contributed by atoms with Crippen molar-refractivity contribution in [2.75, 3.05) is 33.4 Å². The highest BCUT2D eigenvalue weighted by Crippen LogP contribution is 2.35. The van der Waals surface area contributed by atoms with Crippen LogP contribution in [0, 0.1) is 12.3 Å². The van der Waals surface area contributed by atoms with Crippen LogP contribution in [0.2, 0.25) is 0 Å². The first kappa shape index (κ1) is 15.1. The van der Waals surface area contributed by atoms with Gasteiger partial charge in [-0.05, 0) is 44.5 Å². The van der Waals surface area contributed by atoms with E-state index < -0.39 is 0 Å². The average molecular weight is 323 g/mol. The van der Waals surface area contributed by atoms with Gasteiger partial charge in [0.2, 0.25) is 0 Å². The third-order valence-electron chi connectivity index (χ3n) is 4.64. The summed E-state index contributed by atoms with van der Waals surface area (Å²) in [5.74, 6) is 1.52. The van der Waals surface area contributed by atoms with Gasteiger partial charge in [0.25, 0.3) is 0 Å². The molecule has 0 radical (unpaired) electrons. The van der Waals surface area contributed by atoms with Gasteiger partial charge in [-0.25, -0.2) is 4.98 Å². The first-order valence-corrected chi connectivity index (χ1v) is 8.48. The molecule has 0 spiro atoms. The zero-order valence-electron chi connectivity index (χ0n) is 13.9. The molecule has 5 nitrogen and oxygen atoms in total. The lowest BCUT2D eigenvalue weighted by Gasteiger charge is -2.15. The van der Waals surface area contributed by atoms with Crippen molar-refractivity contribution in [3.05, 3.63) is 30.6 Å². The fourth-order valence-electron chi connectivity index (χ4n) is 3.39. The van der Waals surface area contributed by atoms with Crippen LogP contribution in [0.5, 0.6) is 11.5 Å². The Morgan fingerprint density at radius 2 is 2.08 bits per heavy atom. The summed E-state index contributed by atoms with van der Waals surface area (Å²) >= 11 is 0. The standard InChI is InChI=1S/C19H21N3O2/c1-23-18-11-14-15-13-20-6-5-16(15)21-17(14)12-19(18)24-10-4-9-22-7-2-3-8-22/h11-13,21H,2-4,7-10H2,1H3. The molecule has 1 aliphatic rings. The summed E-state index contributed by atoms with van der Waals surface area (Å²) in [6, 6.07) is 7.00. The Labute approximate surface area is 141 Å². The second-order valence-corrected chi connectivity index (χ2v) is 6.21. The van der Waals surface area contributed by atoms with E-state index in [4.69, 9.17) is 9.47 Å². The van der Waals surface area contributed by atoms with E-state index in [0.29, 0.717) is 6.61 Å². The van der Waals surface area contributed by atoms with Crippen molar-refractivity contribution in [3.8, 4) is 11.5 Å². The lowest BCUT2D eigenvalue weighted by molar-refractivity contribution is 0.254. The maximum absolute atomic E-state index is 5.99. The maximum atomic E-state index is 5.99. The number of rotatable bonds is 6. The molecule has 4 rings (SSSR count). The number of aromatic amines is 1. The highest BCUT2D eigenvalue weighted by Gasteiger charge is 2.13. The highest BCUT2D eigenvalue weighted by atomic mass is 16.5. The number of H-pyrrole nitrogens is 1. The van der Waals surface area contributed by atoms with Crippen LogP contribution in [-0.2, 0) is 0 Å². The van der Waals surface area contributed by atoms with Crippen molar-refractivity contribution in [2.24, 2.45) is 0 Å². The molecule has 3 heterocycles. The maximum Gasteiger partial charge on any atom is 0.163 e. The van der Waals surface area contributed by atoms with Crippen molar-refractivity contribution in [2.45, 2.75) is 19.3 Å². The van der Waals surface area contributed by atoms with Gasteiger partial charge >= 0.3 is 0 Å². The van der Waals surface area contributed by atoms with E-state index >= 15 is 0 Å². The summed E-state index contributed by atoms with van der Waals surface area (Å²) in [5, 5.41) is 2.08. The number of hydrogen-bond acceptors (Lipinski definition) is 4. The van der Waals surface area contributed by atoms with Gasteiger partial charge in [-0.15, -0.1) is 0 Å². The molecule has 5 heteroatoms. The first-order chi connectivity index (χ1) is 11.8. The number of benzene rings is 1. The van der Waals surface area contributed by atoms with Gasteiger partial charge in [0.1, 0.15) is 5.52 Å². The van der Waals surface area contributed by atoms with E-state index in [1.165, 1.54) is 25.9 Å². The summed E-state index contributed by atoms with van der Waals surface area (Å²) in [6.45, 7) is 4.26. The van der Waals surface area contributed by atoms with Gasteiger partial charge < -0.3 is 19.4 Å². The molecule has 24 heavy (non-hydrogen) atoms. The lowest BCUT2D eigenvalue weighted by atomic mass is 10.2. The fourth-order valence-corrected chi connectivity index (χ4v) is 3.39. The molecule has 0 atom stereocenters. The van der Waals surface area contributed by atoms with Crippen LogP contribution in [0.15, 0.2) is 18.3 Å². The number of likely N-dealkylation sites (tertiary alicyclic amines) is 1. The Morgan fingerprint density at radius 3 is 2.92 bits per heavy atom. The number of hydrogen-bond donors (Lipinski definition) is 1. The van der Waals surface area contributed by atoms with Crippen LogP contribution in [0.1, 0.15) is 19.3 Å². The second kappa shape index (κ2) is 6.58. The normalized spacial score (nSPS) is 15.0. The summed E-state index contributed by atoms with van der Waals surface area (Å²) < 4.78 is 11.5. The summed E-state index contributed by atoms with van der Waals surface area (Å²) in [6.07, 6.45) is 8.21. The van der Waals surface area contributed by atoms with Crippen LogP contribution in [-0.4, -0.2) is 48.2 Å². The number of fused-ring (bicyclic) bond motifs is 3. The minimum absolute atomic E-state index is 0.694. The monoisotopic (exact) mass is 323 g/mol. The molecule has 1 aromatic carbocycles. The SMILES string of the molecule is COc1cc2c(cc1OCCCN1CCCC1)[nH]c1c#cncc12. The van der Waals surface area contributed by atoms with Gasteiger partial charge in [0.15, 0.2) is 11.5 Å². The summed E-state index contributed by atoms with van der Waals surface area (Å²) in [5.41, 5.74) is 1.89. The van der Waals surface area contributed by atoms with E-state index in [2.05, 4.69) is 27.1 Å². The minimum Gasteiger partial charge on any atom is -0.493 e. The molecule has 1 fully saturated rings. The number of nitrogens with zero attached hydrogens (tertiary/aromatic N) is 2. The molecule has 1 saturated heterocycles. The molecule has 0 aliphatic carbocycles. The van der Waals surface area contributed by atoms with Crippen LogP contribution in [0.25, 0.3) is 21.8 Å².